The molecule has 72 heavy (non-hydrogen) atoms. The second-order valence-corrected chi connectivity index (χ2v) is 34.6. The van der Waals surface area contributed by atoms with E-state index in [9.17, 15) is 19.5 Å². The van der Waals surface area contributed by atoms with E-state index in [1.54, 1.807) is 0 Å². The van der Waals surface area contributed by atoms with E-state index in [-0.39, 0.29) is 46.7 Å². The monoisotopic (exact) mass is 1050 g/mol. The van der Waals surface area contributed by atoms with Gasteiger partial charge in [-0.25, -0.2) is 0 Å². The van der Waals surface area contributed by atoms with Crippen molar-refractivity contribution in [3.05, 3.63) is 0 Å². The van der Waals surface area contributed by atoms with Gasteiger partial charge in [-0.3, -0.25) is 19.3 Å². The van der Waals surface area contributed by atoms with E-state index in [0.717, 1.165) is 116 Å². The van der Waals surface area contributed by atoms with Crippen LogP contribution in [0.2, 0.25) is 36.3 Å². The van der Waals surface area contributed by atoms with Crippen LogP contribution in [0.3, 0.4) is 0 Å². The van der Waals surface area contributed by atoms with Gasteiger partial charge in [0.1, 0.15) is 6.10 Å². The van der Waals surface area contributed by atoms with E-state index >= 15 is 0 Å². The lowest BCUT2D eigenvalue weighted by atomic mass is 10.0. The molecule has 0 aromatic rings. The summed E-state index contributed by atoms with van der Waals surface area (Å²) in [5.41, 5.74) is 0. The van der Waals surface area contributed by atoms with Crippen molar-refractivity contribution >= 4 is 34.5 Å². The molecule has 0 saturated heterocycles. The van der Waals surface area contributed by atoms with Crippen LogP contribution in [-0.2, 0) is 32.7 Å². The molecule has 0 heterocycles. The smallest absolute Gasteiger partial charge is 0.306 e. The lowest BCUT2D eigenvalue weighted by Crippen LogP contribution is -2.50. The van der Waals surface area contributed by atoms with E-state index in [1.807, 2.05) is 0 Å². The second kappa shape index (κ2) is 42.8. The van der Waals surface area contributed by atoms with Crippen molar-refractivity contribution in [3.8, 4) is 0 Å². The van der Waals surface area contributed by atoms with Gasteiger partial charge in [-0.2, -0.15) is 0 Å². The van der Waals surface area contributed by atoms with Gasteiger partial charge < -0.3 is 23.4 Å². The zero-order valence-corrected chi connectivity index (χ0v) is 52.3. The maximum absolute atomic E-state index is 13.3. The summed E-state index contributed by atoms with van der Waals surface area (Å²) in [4.78, 5) is 40.2. The molecule has 1 N–H and O–H groups in total. The topological polar surface area (TPSA) is 112 Å². The number of carbonyl (C=O) groups is 3. The van der Waals surface area contributed by atoms with Gasteiger partial charge in [-0.15, -0.1) is 0 Å². The average molecular weight is 1050 g/mol. The lowest BCUT2D eigenvalue weighted by molar-refractivity contribution is -0.150. The number of rotatable bonds is 50. The highest BCUT2D eigenvalue weighted by molar-refractivity contribution is 6.74. The molecule has 0 fully saturated rings. The fourth-order valence-electron chi connectivity index (χ4n) is 9.13. The number of hydrogen-bond acceptors (Lipinski definition) is 8. The zero-order valence-electron chi connectivity index (χ0n) is 50.3. The number of carbonyl (C=O) groups excluding carboxylic acids is 2. The first kappa shape index (κ1) is 70.7. The summed E-state index contributed by atoms with van der Waals surface area (Å²) in [7, 11) is -4.30. The Balaban J connectivity index is 5.97. The third-order valence-electron chi connectivity index (χ3n) is 16.0. The molecule has 0 spiro atoms. The van der Waals surface area contributed by atoms with Crippen molar-refractivity contribution < 1.29 is 37.8 Å². The number of carboxylic acids is 1. The highest BCUT2D eigenvalue weighted by Gasteiger charge is 2.41. The van der Waals surface area contributed by atoms with Gasteiger partial charge in [-0.05, 0) is 113 Å². The molecule has 0 amide bonds. The summed E-state index contributed by atoms with van der Waals surface area (Å²) in [6.07, 6.45) is 38.1. The largest absolute Gasteiger partial charge is 0.481 e. The number of aliphatic carboxylic acids is 1. The number of nitrogens with zero attached hydrogens (tertiary/aromatic N) is 1. The molecule has 0 saturated carbocycles. The molecule has 0 bridgehead atoms. The average Bonchev–Trinajstić information content (AvgIpc) is 3.28. The summed E-state index contributed by atoms with van der Waals surface area (Å²) in [5.74, 6) is -0.857. The van der Waals surface area contributed by atoms with Crippen molar-refractivity contribution in [3.63, 3.8) is 0 Å². The Labute approximate surface area is 449 Å². The number of ether oxygens (including phenoxy) is 2. The molecule has 0 radical (unpaired) electrons. The van der Waals surface area contributed by atoms with E-state index in [4.69, 9.17) is 18.3 Å². The van der Waals surface area contributed by atoms with Crippen LogP contribution in [0.5, 0.6) is 0 Å². The van der Waals surface area contributed by atoms with Crippen LogP contribution in [0.25, 0.3) is 0 Å². The molecule has 2 unspecified atom stereocenters. The summed E-state index contributed by atoms with van der Waals surface area (Å²) in [5, 5.41) is 9.37. The second-order valence-electron chi connectivity index (χ2n) is 25.1. The Bertz CT molecular complexity index is 1300. The van der Waals surface area contributed by atoms with Gasteiger partial charge in [0.25, 0.3) is 0 Å². The maximum atomic E-state index is 13.3. The van der Waals surface area contributed by atoms with Crippen LogP contribution < -0.4 is 0 Å². The van der Waals surface area contributed by atoms with Crippen molar-refractivity contribution in [2.24, 2.45) is 0 Å². The standard InChI is InChI=1S/C61H123NO8Si2/c1-14-17-20-23-26-27-28-33-41-51-67-58(65)49-42-46-56(70-72(12,13)61(7,8)9)53-62(50-40-32-31-38-47-57(63)64)52-55(69-71(10,11)60(4,5)6)45-37-34-39-48-59(66)68-54(43-35-29-24-21-18-15-2)44-36-30-25-22-19-16-3/h54-56H,14-53H2,1-13H3,(H,63,64). The third-order valence-corrected chi connectivity index (χ3v) is 25.0. The first-order valence-electron chi connectivity index (χ1n) is 30.7. The number of carboxylic acid groups (broad SMARTS) is 1. The van der Waals surface area contributed by atoms with Gasteiger partial charge in [0.15, 0.2) is 16.6 Å². The minimum absolute atomic E-state index is 0.0274. The number of hydrogen-bond donors (Lipinski definition) is 1. The van der Waals surface area contributed by atoms with E-state index in [2.05, 4.69) is 93.4 Å². The molecule has 9 nitrogen and oxygen atoms in total. The normalized spacial score (nSPS) is 13.5. The van der Waals surface area contributed by atoms with Gasteiger partial charge in [-0.1, -0.05) is 204 Å². The van der Waals surface area contributed by atoms with E-state index in [1.165, 1.54) is 109 Å². The summed E-state index contributed by atoms with van der Waals surface area (Å²) >= 11 is 0. The first-order chi connectivity index (χ1) is 34.1. The molecular formula is C61H123NO8Si2. The summed E-state index contributed by atoms with van der Waals surface area (Å²) in [6, 6.07) is 0. The molecule has 2 atom stereocenters. The quantitative estimate of drug-likeness (QED) is 0.0362. The Morgan fingerprint density at radius 2 is 0.778 bits per heavy atom. The van der Waals surface area contributed by atoms with Crippen molar-refractivity contribution in [2.75, 3.05) is 26.2 Å². The predicted octanol–water partition coefficient (Wildman–Crippen LogP) is 18.7. The molecule has 0 aliphatic rings. The predicted molar refractivity (Wildman–Crippen MR) is 312 cm³/mol. The maximum Gasteiger partial charge on any atom is 0.306 e. The molecule has 428 valence electrons. The van der Waals surface area contributed by atoms with Gasteiger partial charge in [0, 0.05) is 32.4 Å². The van der Waals surface area contributed by atoms with E-state index in [0.29, 0.717) is 25.9 Å². The Morgan fingerprint density at radius 3 is 1.22 bits per heavy atom. The highest BCUT2D eigenvalue weighted by atomic mass is 28.4. The molecule has 0 aliphatic heterocycles. The van der Waals surface area contributed by atoms with Crippen LogP contribution in [-0.4, -0.2) is 89.1 Å². The molecule has 11 heteroatoms. The molecule has 0 rings (SSSR count). The Hall–Kier alpha value is -1.28. The number of unbranched alkanes of at least 4 members (excludes halogenated alkanes) is 23. The van der Waals surface area contributed by atoms with Gasteiger partial charge in [0.05, 0.1) is 18.8 Å². The molecule has 0 aliphatic carbocycles. The van der Waals surface area contributed by atoms with Crippen molar-refractivity contribution in [1.29, 1.82) is 0 Å². The van der Waals surface area contributed by atoms with Crippen LogP contribution in [0.15, 0.2) is 0 Å². The van der Waals surface area contributed by atoms with Gasteiger partial charge in [0.2, 0.25) is 0 Å². The summed E-state index contributed by atoms with van der Waals surface area (Å²) in [6.45, 7) is 32.9. The minimum atomic E-state index is -2.16. The van der Waals surface area contributed by atoms with Crippen LogP contribution >= 0.6 is 0 Å². The zero-order chi connectivity index (χ0) is 54.2. The van der Waals surface area contributed by atoms with Crippen molar-refractivity contribution in [1.82, 2.24) is 4.90 Å². The highest BCUT2D eigenvalue weighted by Crippen LogP contribution is 2.39. The SMILES string of the molecule is CCCCCCCCCCCOC(=O)CCCC(CN(CCCCCCC(=O)O)CC(CCCCCC(=O)OC(CCCCCCCC)CCCCCCCC)O[Si](C)(C)C(C)(C)C)O[Si](C)(C)C(C)(C)C. The third kappa shape index (κ3) is 39.2. The molecule has 0 aromatic carbocycles. The molecular weight excluding hydrogens is 931 g/mol. The van der Waals surface area contributed by atoms with Gasteiger partial charge >= 0.3 is 17.9 Å². The fraction of sp³-hybridized carbons (Fsp3) is 0.951. The van der Waals surface area contributed by atoms with Crippen LogP contribution in [0, 0.1) is 0 Å². The Kier molecular flexibility index (Phi) is 42.0. The van der Waals surface area contributed by atoms with Crippen molar-refractivity contribution in [2.45, 2.75) is 348 Å². The first-order valence-corrected chi connectivity index (χ1v) is 36.5. The summed E-state index contributed by atoms with van der Waals surface area (Å²) < 4.78 is 26.5. The van der Waals surface area contributed by atoms with E-state index < -0.39 is 22.6 Å². The van der Waals surface area contributed by atoms with Crippen LogP contribution in [0.1, 0.15) is 293 Å². The number of esters is 2. The molecule has 0 aromatic heterocycles. The fourth-order valence-corrected chi connectivity index (χ4v) is 11.9. The minimum Gasteiger partial charge on any atom is -0.481 e. The lowest BCUT2D eigenvalue weighted by Gasteiger charge is -2.42. The Morgan fingerprint density at radius 1 is 0.431 bits per heavy atom. The van der Waals surface area contributed by atoms with Crippen LogP contribution in [0.4, 0.5) is 0 Å².